The van der Waals surface area contributed by atoms with Gasteiger partial charge in [0.15, 0.2) is 0 Å². The molecule has 3 aliphatic carbocycles. The van der Waals surface area contributed by atoms with Crippen LogP contribution in [0.15, 0.2) is 53.6 Å². The second kappa shape index (κ2) is 13.9. The number of aliphatic hydroxyl groups excluding tert-OH is 2. The predicted molar refractivity (Wildman–Crippen MR) is 161 cm³/mol. The van der Waals surface area contributed by atoms with E-state index in [1.165, 1.54) is 37.7 Å². The van der Waals surface area contributed by atoms with Crippen molar-refractivity contribution in [2.24, 2.45) is 5.92 Å². The number of benzene rings is 1. The molecule has 41 heavy (non-hydrogen) atoms. The van der Waals surface area contributed by atoms with Gasteiger partial charge in [0.25, 0.3) is 0 Å². The molecule has 0 spiro atoms. The van der Waals surface area contributed by atoms with Crippen LogP contribution in [0.3, 0.4) is 0 Å². The summed E-state index contributed by atoms with van der Waals surface area (Å²) in [6.45, 7) is 1.10. The highest BCUT2D eigenvalue weighted by Gasteiger charge is 2.30. The molecule has 1 aromatic carbocycles. The molecule has 224 valence electrons. The van der Waals surface area contributed by atoms with Crippen LogP contribution in [-0.4, -0.2) is 52.7 Å². The highest BCUT2D eigenvalue weighted by atomic mass is 16.5. The SMILES string of the molecule is COCc1nn(C2CC=C(OC)CC2)cc1C(Nc1ccc(C(O)N(C)CCC(O)=C2CC2)cc1)C1CCCCC1. The minimum atomic E-state index is -0.718. The number of aliphatic hydroxyl groups is 2. The van der Waals surface area contributed by atoms with Gasteiger partial charge in [0, 0.05) is 43.9 Å². The third kappa shape index (κ3) is 7.53. The van der Waals surface area contributed by atoms with Gasteiger partial charge in [0.05, 0.1) is 43.0 Å². The summed E-state index contributed by atoms with van der Waals surface area (Å²) in [6, 6.07) is 8.61. The van der Waals surface area contributed by atoms with Gasteiger partial charge in [-0.05, 0) is 80.8 Å². The van der Waals surface area contributed by atoms with Gasteiger partial charge >= 0.3 is 0 Å². The van der Waals surface area contributed by atoms with Gasteiger partial charge in [-0.1, -0.05) is 31.4 Å². The lowest BCUT2D eigenvalue weighted by Crippen LogP contribution is -2.26. The molecule has 2 fully saturated rings. The first-order valence-electron chi connectivity index (χ1n) is 15.4. The summed E-state index contributed by atoms with van der Waals surface area (Å²) in [7, 11) is 5.39. The molecule has 8 heteroatoms. The van der Waals surface area contributed by atoms with E-state index in [9.17, 15) is 10.2 Å². The van der Waals surface area contributed by atoms with E-state index >= 15 is 0 Å². The van der Waals surface area contributed by atoms with Crippen molar-refractivity contribution in [2.45, 2.75) is 95.5 Å². The second-order valence-corrected chi connectivity index (χ2v) is 12.0. The van der Waals surface area contributed by atoms with Crippen molar-refractivity contribution in [3.05, 3.63) is 70.5 Å². The second-order valence-electron chi connectivity index (χ2n) is 12.0. The molecule has 3 unspecified atom stereocenters. The lowest BCUT2D eigenvalue weighted by Gasteiger charge is -2.32. The van der Waals surface area contributed by atoms with Crippen LogP contribution in [0.25, 0.3) is 0 Å². The molecule has 0 saturated heterocycles. The van der Waals surface area contributed by atoms with Crippen molar-refractivity contribution in [1.29, 1.82) is 0 Å². The average Bonchev–Trinajstić information content (AvgIpc) is 3.79. The van der Waals surface area contributed by atoms with Crippen LogP contribution in [-0.2, 0) is 16.1 Å². The standard InChI is InChI=1S/C33H48N4O4/c1-36(20-19-31(38)23-9-10-23)33(39)25-11-13-26(14-12-25)34-32(24-7-5-4-6-8-24)29-21-37(35-30(29)22-40-2)27-15-17-28(41-3)18-16-27/h11-14,17,21,24,27,32-34,38-39H,4-10,15-16,18-20,22H2,1-3H3. The summed E-state index contributed by atoms with van der Waals surface area (Å²) in [6.07, 6.45) is 15.4. The maximum atomic E-state index is 10.9. The monoisotopic (exact) mass is 564 g/mol. The van der Waals surface area contributed by atoms with Crippen molar-refractivity contribution in [1.82, 2.24) is 14.7 Å². The van der Waals surface area contributed by atoms with Crippen LogP contribution in [0, 0.1) is 5.92 Å². The largest absolute Gasteiger partial charge is 0.512 e. The molecule has 3 atom stereocenters. The van der Waals surface area contributed by atoms with Crippen LogP contribution in [0.1, 0.15) is 106 Å². The smallest absolute Gasteiger partial charge is 0.133 e. The van der Waals surface area contributed by atoms with Crippen molar-refractivity contribution >= 4 is 5.69 Å². The summed E-state index contributed by atoms with van der Waals surface area (Å²) in [5, 5.41) is 30.0. The fraction of sp³-hybridized carbons (Fsp3) is 0.606. The molecule has 1 heterocycles. The zero-order chi connectivity index (χ0) is 28.8. The van der Waals surface area contributed by atoms with E-state index in [0.717, 1.165) is 60.4 Å². The molecular weight excluding hydrogens is 516 g/mol. The van der Waals surface area contributed by atoms with Gasteiger partial charge in [0.1, 0.15) is 6.23 Å². The van der Waals surface area contributed by atoms with E-state index in [4.69, 9.17) is 14.6 Å². The van der Waals surface area contributed by atoms with Crippen LogP contribution < -0.4 is 5.32 Å². The number of nitrogens with one attached hydrogen (secondary N) is 1. The fourth-order valence-corrected chi connectivity index (χ4v) is 6.40. The number of ether oxygens (including phenoxy) is 2. The molecule has 0 bridgehead atoms. The fourth-order valence-electron chi connectivity index (χ4n) is 6.40. The highest BCUT2D eigenvalue weighted by Crippen LogP contribution is 2.39. The van der Waals surface area contributed by atoms with Gasteiger partial charge in [-0.15, -0.1) is 0 Å². The average molecular weight is 565 g/mol. The minimum Gasteiger partial charge on any atom is -0.512 e. The third-order valence-corrected chi connectivity index (χ3v) is 9.11. The van der Waals surface area contributed by atoms with Crippen LogP contribution >= 0.6 is 0 Å². The Morgan fingerprint density at radius 2 is 1.85 bits per heavy atom. The maximum Gasteiger partial charge on any atom is 0.133 e. The van der Waals surface area contributed by atoms with Gasteiger partial charge in [-0.2, -0.15) is 5.10 Å². The number of anilines is 1. The van der Waals surface area contributed by atoms with Gasteiger partial charge in [-0.25, -0.2) is 0 Å². The van der Waals surface area contributed by atoms with Crippen molar-refractivity contribution in [3.8, 4) is 0 Å². The molecular formula is C33H48N4O4. The van der Waals surface area contributed by atoms with E-state index in [0.29, 0.717) is 37.3 Å². The van der Waals surface area contributed by atoms with Crippen LogP contribution in [0.4, 0.5) is 5.69 Å². The maximum absolute atomic E-state index is 10.9. The first kappa shape index (κ1) is 29.7. The zero-order valence-corrected chi connectivity index (χ0v) is 25.0. The number of nitrogens with zero attached hydrogens (tertiary/aromatic N) is 3. The molecule has 0 amide bonds. The highest BCUT2D eigenvalue weighted by molar-refractivity contribution is 5.48. The number of hydrogen-bond acceptors (Lipinski definition) is 7. The van der Waals surface area contributed by atoms with Gasteiger partial charge in [0.2, 0.25) is 0 Å². The van der Waals surface area contributed by atoms with Crippen molar-refractivity contribution in [2.75, 3.05) is 33.1 Å². The number of allylic oxidation sites excluding steroid dienone is 3. The molecule has 0 aliphatic heterocycles. The Hall–Kier alpha value is -2.81. The first-order chi connectivity index (χ1) is 20.0. The summed E-state index contributed by atoms with van der Waals surface area (Å²) >= 11 is 0. The number of methoxy groups -OCH3 is 2. The Kier molecular flexibility index (Phi) is 10.1. The topological polar surface area (TPSA) is 92.0 Å². The van der Waals surface area contributed by atoms with E-state index in [-0.39, 0.29) is 6.04 Å². The molecule has 2 aromatic rings. The van der Waals surface area contributed by atoms with E-state index in [1.54, 1.807) is 14.2 Å². The Balaban J connectivity index is 1.33. The van der Waals surface area contributed by atoms with Crippen LogP contribution in [0.2, 0.25) is 0 Å². The molecule has 3 aliphatic rings. The zero-order valence-electron chi connectivity index (χ0n) is 25.0. The summed E-state index contributed by atoms with van der Waals surface area (Å²) in [4.78, 5) is 1.88. The summed E-state index contributed by atoms with van der Waals surface area (Å²) in [5.41, 5.74) is 5.28. The normalized spacial score (nSPS) is 21.0. The Bertz CT molecular complexity index is 1190. The summed E-state index contributed by atoms with van der Waals surface area (Å²) < 4.78 is 13.2. The Morgan fingerprint density at radius 3 is 2.49 bits per heavy atom. The Labute approximate surface area is 245 Å². The van der Waals surface area contributed by atoms with Crippen LogP contribution in [0.5, 0.6) is 0 Å². The number of rotatable bonds is 13. The van der Waals surface area contributed by atoms with Crippen molar-refractivity contribution in [3.63, 3.8) is 0 Å². The number of aromatic nitrogens is 2. The molecule has 5 rings (SSSR count). The van der Waals surface area contributed by atoms with Gasteiger partial charge in [-0.3, -0.25) is 9.58 Å². The molecule has 0 radical (unpaired) electrons. The third-order valence-electron chi connectivity index (χ3n) is 9.11. The van der Waals surface area contributed by atoms with Crippen molar-refractivity contribution < 1.29 is 19.7 Å². The molecule has 3 N–H and O–H groups in total. The van der Waals surface area contributed by atoms with E-state index < -0.39 is 6.23 Å². The molecule has 8 nitrogen and oxygen atoms in total. The van der Waals surface area contributed by atoms with E-state index in [2.05, 4.69) is 34.4 Å². The first-order valence-corrected chi connectivity index (χ1v) is 15.4. The Morgan fingerprint density at radius 1 is 1.10 bits per heavy atom. The summed E-state index contributed by atoms with van der Waals surface area (Å²) in [5.74, 6) is 2.09. The molecule has 1 aromatic heterocycles. The predicted octanol–water partition coefficient (Wildman–Crippen LogP) is 6.94. The lowest BCUT2D eigenvalue weighted by atomic mass is 9.81. The quantitative estimate of drug-likeness (QED) is 0.179. The lowest BCUT2D eigenvalue weighted by molar-refractivity contribution is 0.0201. The molecule has 2 saturated carbocycles. The number of hydrogen-bond donors (Lipinski definition) is 3. The minimum absolute atomic E-state index is 0.139. The van der Waals surface area contributed by atoms with E-state index in [1.807, 2.05) is 24.1 Å². The van der Waals surface area contributed by atoms with Gasteiger partial charge < -0.3 is 25.0 Å².